The molecule has 2 N–H and O–H groups in total. The van der Waals surface area contributed by atoms with E-state index in [2.05, 4.69) is 10.6 Å². The highest BCUT2D eigenvalue weighted by Gasteiger charge is 2.34. The molecule has 1 aliphatic heterocycles. The standard InChI is InChI=1S/C22H35FN4O2/c1-4-24-21(25-14-11-20(28)27(5-2)6-3)26-17-22(12-15-29-16-13-22)18-7-9-19(23)10-8-18/h7-10H,4-6,11-17H2,1-3H3,(H2,24,25,26). The highest BCUT2D eigenvalue weighted by molar-refractivity contribution is 5.81. The minimum Gasteiger partial charge on any atom is -0.381 e. The monoisotopic (exact) mass is 406 g/mol. The van der Waals surface area contributed by atoms with Crippen LogP contribution in [0.1, 0.15) is 45.6 Å². The summed E-state index contributed by atoms with van der Waals surface area (Å²) in [5.74, 6) is 0.616. The molecule has 1 fully saturated rings. The minimum absolute atomic E-state index is 0.144. The molecule has 7 heteroatoms. The van der Waals surface area contributed by atoms with E-state index in [1.54, 1.807) is 0 Å². The molecular formula is C22H35FN4O2. The maximum Gasteiger partial charge on any atom is 0.224 e. The fourth-order valence-electron chi connectivity index (χ4n) is 3.70. The minimum atomic E-state index is -0.229. The van der Waals surface area contributed by atoms with Gasteiger partial charge < -0.3 is 20.3 Å². The third-order valence-electron chi connectivity index (χ3n) is 5.54. The third kappa shape index (κ3) is 6.70. The predicted molar refractivity (Wildman–Crippen MR) is 115 cm³/mol. The van der Waals surface area contributed by atoms with Gasteiger partial charge >= 0.3 is 0 Å². The second kappa shape index (κ2) is 11.8. The summed E-state index contributed by atoms with van der Waals surface area (Å²) in [6.45, 7) is 10.7. The third-order valence-corrected chi connectivity index (χ3v) is 5.54. The molecule has 0 unspecified atom stereocenters. The van der Waals surface area contributed by atoms with E-state index >= 15 is 0 Å². The van der Waals surface area contributed by atoms with Crippen molar-refractivity contribution in [1.82, 2.24) is 15.5 Å². The summed E-state index contributed by atoms with van der Waals surface area (Å²) in [7, 11) is 0. The van der Waals surface area contributed by atoms with Gasteiger partial charge in [0.25, 0.3) is 0 Å². The number of carbonyl (C=O) groups excluding carboxylic acids is 1. The predicted octanol–water partition coefficient (Wildman–Crippen LogP) is 2.69. The fourth-order valence-corrected chi connectivity index (χ4v) is 3.70. The highest BCUT2D eigenvalue weighted by Crippen LogP contribution is 2.35. The van der Waals surface area contributed by atoms with E-state index in [1.807, 2.05) is 37.8 Å². The lowest BCUT2D eigenvalue weighted by atomic mass is 9.74. The highest BCUT2D eigenvalue weighted by atomic mass is 19.1. The first kappa shape index (κ1) is 23.1. The Bertz CT molecular complexity index is 653. The Morgan fingerprint density at radius 2 is 1.79 bits per heavy atom. The molecule has 0 radical (unpaired) electrons. The van der Waals surface area contributed by atoms with Gasteiger partial charge in [-0.1, -0.05) is 12.1 Å². The molecule has 1 amide bonds. The molecule has 1 heterocycles. The molecule has 6 nitrogen and oxygen atoms in total. The van der Waals surface area contributed by atoms with Gasteiger partial charge in [-0.05, 0) is 51.3 Å². The Kier molecular flexibility index (Phi) is 9.38. The van der Waals surface area contributed by atoms with Crippen LogP contribution in [0, 0.1) is 5.82 Å². The summed E-state index contributed by atoms with van der Waals surface area (Å²) >= 11 is 0. The SMILES string of the molecule is CCNC(=NCC1(c2ccc(F)cc2)CCOCC1)NCCC(=O)N(CC)CC. The van der Waals surface area contributed by atoms with Crippen LogP contribution in [0.25, 0.3) is 0 Å². The second-order valence-corrected chi connectivity index (χ2v) is 7.34. The first-order valence-corrected chi connectivity index (χ1v) is 10.7. The van der Waals surface area contributed by atoms with Crippen molar-refractivity contribution in [3.05, 3.63) is 35.6 Å². The van der Waals surface area contributed by atoms with Crippen LogP contribution in [0.5, 0.6) is 0 Å². The van der Waals surface area contributed by atoms with Gasteiger partial charge in [-0.15, -0.1) is 0 Å². The van der Waals surface area contributed by atoms with Crippen LogP contribution >= 0.6 is 0 Å². The number of nitrogens with one attached hydrogen (secondary N) is 2. The van der Waals surface area contributed by atoms with Crippen LogP contribution in [0.4, 0.5) is 4.39 Å². The smallest absolute Gasteiger partial charge is 0.224 e. The topological polar surface area (TPSA) is 66.0 Å². The Labute approximate surface area is 173 Å². The van der Waals surface area contributed by atoms with Crippen LogP contribution in [-0.4, -0.2) is 62.7 Å². The summed E-state index contributed by atoms with van der Waals surface area (Å²) in [6, 6.07) is 6.75. The molecule has 0 saturated carbocycles. The Morgan fingerprint density at radius 1 is 1.14 bits per heavy atom. The Hall–Kier alpha value is -2.15. The quantitative estimate of drug-likeness (QED) is 0.489. The summed E-state index contributed by atoms with van der Waals surface area (Å²) in [5.41, 5.74) is 0.934. The number of halogens is 1. The van der Waals surface area contributed by atoms with Crippen molar-refractivity contribution >= 4 is 11.9 Å². The summed E-state index contributed by atoms with van der Waals surface area (Å²) in [5, 5.41) is 6.53. The average molecular weight is 407 g/mol. The Morgan fingerprint density at radius 3 is 2.38 bits per heavy atom. The van der Waals surface area contributed by atoms with Crippen molar-refractivity contribution in [2.75, 3.05) is 45.9 Å². The second-order valence-electron chi connectivity index (χ2n) is 7.34. The van der Waals surface area contributed by atoms with Crippen LogP contribution in [-0.2, 0) is 14.9 Å². The van der Waals surface area contributed by atoms with Crippen molar-refractivity contribution in [3.8, 4) is 0 Å². The van der Waals surface area contributed by atoms with Crippen LogP contribution < -0.4 is 10.6 Å². The van der Waals surface area contributed by atoms with E-state index in [1.165, 1.54) is 12.1 Å². The van der Waals surface area contributed by atoms with E-state index in [4.69, 9.17) is 9.73 Å². The van der Waals surface area contributed by atoms with Gasteiger partial charge in [0.2, 0.25) is 5.91 Å². The van der Waals surface area contributed by atoms with Crippen LogP contribution in [0.3, 0.4) is 0 Å². The number of carbonyl (C=O) groups is 1. The van der Waals surface area contributed by atoms with Crippen molar-refractivity contribution < 1.29 is 13.9 Å². The largest absolute Gasteiger partial charge is 0.381 e. The summed E-state index contributed by atoms with van der Waals surface area (Å²) in [4.78, 5) is 18.8. The van der Waals surface area contributed by atoms with Crippen molar-refractivity contribution in [3.63, 3.8) is 0 Å². The van der Waals surface area contributed by atoms with Gasteiger partial charge in [0.1, 0.15) is 5.82 Å². The molecule has 0 bridgehead atoms. The summed E-state index contributed by atoms with van der Waals surface area (Å²) < 4.78 is 19.0. The first-order chi connectivity index (χ1) is 14.0. The first-order valence-electron chi connectivity index (χ1n) is 10.7. The lowest BCUT2D eigenvalue weighted by Crippen LogP contribution is -2.42. The molecule has 0 atom stereocenters. The van der Waals surface area contributed by atoms with Gasteiger partial charge in [-0.2, -0.15) is 0 Å². The molecule has 0 aliphatic carbocycles. The number of amides is 1. The number of hydrogen-bond donors (Lipinski definition) is 2. The van der Waals surface area contributed by atoms with E-state index < -0.39 is 0 Å². The molecular weight excluding hydrogens is 371 g/mol. The molecule has 1 aromatic rings. The summed E-state index contributed by atoms with van der Waals surface area (Å²) in [6.07, 6.45) is 2.13. The number of benzene rings is 1. The lowest BCUT2D eigenvalue weighted by Gasteiger charge is -2.36. The van der Waals surface area contributed by atoms with Crippen LogP contribution in [0.2, 0.25) is 0 Å². The van der Waals surface area contributed by atoms with Gasteiger partial charge in [0, 0.05) is 51.2 Å². The molecule has 29 heavy (non-hydrogen) atoms. The molecule has 0 spiro atoms. The van der Waals surface area contributed by atoms with Gasteiger partial charge in [0.05, 0.1) is 6.54 Å². The number of hydrogen-bond acceptors (Lipinski definition) is 3. The van der Waals surface area contributed by atoms with E-state index in [9.17, 15) is 9.18 Å². The molecule has 1 aliphatic rings. The zero-order valence-corrected chi connectivity index (χ0v) is 18.0. The number of nitrogens with zero attached hydrogens (tertiary/aromatic N) is 2. The maximum atomic E-state index is 13.4. The van der Waals surface area contributed by atoms with Crippen molar-refractivity contribution in [1.29, 1.82) is 0 Å². The van der Waals surface area contributed by atoms with E-state index in [-0.39, 0.29) is 17.1 Å². The molecule has 162 valence electrons. The molecule has 0 aromatic heterocycles. The van der Waals surface area contributed by atoms with Gasteiger partial charge in [-0.25, -0.2) is 4.39 Å². The number of guanidine groups is 1. The zero-order valence-electron chi connectivity index (χ0n) is 18.0. The molecule has 2 rings (SSSR count). The number of rotatable bonds is 9. The molecule has 1 saturated heterocycles. The van der Waals surface area contributed by atoms with Gasteiger partial charge in [-0.3, -0.25) is 9.79 Å². The fraction of sp³-hybridized carbons (Fsp3) is 0.636. The maximum absolute atomic E-state index is 13.4. The van der Waals surface area contributed by atoms with Crippen molar-refractivity contribution in [2.24, 2.45) is 4.99 Å². The van der Waals surface area contributed by atoms with Crippen molar-refractivity contribution in [2.45, 2.75) is 45.4 Å². The number of ether oxygens (including phenoxy) is 1. The van der Waals surface area contributed by atoms with E-state index in [0.29, 0.717) is 38.7 Å². The lowest BCUT2D eigenvalue weighted by molar-refractivity contribution is -0.130. The number of aliphatic imine (C=N–C) groups is 1. The Balaban J connectivity index is 2.05. The van der Waals surface area contributed by atoms with Gasteiger partial charge in [0.15, 0.2) is 5.96 Å². The normalized spacial score (nSPS) is 16.3. The average Bonchev–Trinajstić information content (AvgIpc) is 2.74. The van der Waals surface area contributed by atoms with Crippen LogP contribution in [0.15, 0.2) is 29.3 Å². The zero-order chi connectivity index (χ0) is 21.1. The van der Waals surface area contributed by atoms with E-state index in [0.717, 1.165) is 38.0 Å². The molecule has 1 aromatic carbocycles.